The van der Waals surface area contributed by atoms with E-state index in [1.807, 2.05) is 16.8 Å². The van der Waals surface area contributed by atoms with E-state index in [0.29, 0.717) is 11.8 Å². The highest BCUT2D eigenvalue weighted by Crippen LogP contribution is 2.23. The Morgan fingerprint density at radius 3 is 2.76 bits per heavy atom. The Labute approximate surface area is 136 Å². The molecule has 0 spiro atoms. The molecule has 2 heterocycles. The second-order valence-corrected chi connectivity index (χ2v) is 10.7. The van der Waals surface area contributed by atoms with Crippen LogP contribution < -0.4 is 0 Å². The molecule has 0 saturated heterocycles. The predicted molar refractivity (Wildman–Crippen MR) is 90.7 cm³/mol. The van der Waals surface area contributed by atoms with Crippen LogP contribution in [0.4, 0.5) is 0 Å². The summed E-state index contributed by atoms with van der Waals surface area (Å²) >= 11 is 11.9. The van der Waals surface area contributed by atoms with E-state index in [1.165, 1.54) is 18.9 Å². The summed E-state index contributed by atoms with van der Waals surface area (Å²) in [4.78, 5) is 8.20. The van der Waals surface area contributed by atoms with Crippen LogP contribution in [0.25, 0.3) is 11.0 Å². The highest BCUT2D eigenvalue weighted by molar-refractivity contribution is 6.71. The minimum Gasteiger partial charge on any atom is -0.564 e. The van der Waals surface area contributed by atoms with Crippen molar-refractivity contribution in [3.8, 4) is 0 Å². The zero-order valence-electron chi connectivity index (χ0n) is 12.7. The molecule has 21 heavy (non-hydrogen) atoms. The van der Waals surface area contributed by atoms with E-state index >= 15 is 0 Å². The van der Waals surface area contributed by atoms with Gasteiger partial charge in [0.15, 0.2) is 0 Å². The zero-order chi connectivity index (χ0) is 15.5. The minimum absolute atomic E-state index is 0.172. The maximum Gasteiger partial charge on any atom is 0.225 e. The summed E-state index contributed by atoms with van der Waals surface area (Å²) in [6.07, 6.45) is 4.41. The number of fused-ring (bicyclic) bond motifs is 1. The maximum absolute atomic E-state index is 6.12. The van der Waals surface area contributed by atoms with E-state index in [9.17, 15) is 0 Å². The van der Waals surface area contributed by atoms with Crippen LogP contribution in [-0.2, 0) is 11.0 Å². The Balaban J connectivity index is 2.01. The van der Waals surface area contributed by atoms with E-state index in [2.05, 4.69) is 30.0 Å². The standard InChI is InChI=1S/C14H21Cl2N3OSi/c1-4-5-10-21(2,3)20-9-8-19-7-6-11-12(15)17-14(16)18-13(11)19/h6-7H,4-5,8-10H2,1-3H3/q-1. The normalized spacial score (nSPS) is 12.2. The number of aromatic nitrogens is 3. The van der Waals surface area contributed by atoms with Gasteiger partial charge in [0.2, 0.25) is 5.28 Å². The topological polar surface area (TPSA) is 39.9 Å². The van der Waals surface area contributed by atoms with E-state index in [-0.39, 0.29) is 5.28 Å². The van der Waals surface area contributed by atoms with Gasteiger partial charge in [-0.1, -0.05) is 31.4 Å². The predicted octanol–water partition coefficient (Wildman–Crippen LogP) is 4.76. The summed E-state index contributed by atoms with van der Waals surface area (Å²) in [5.74, 6) is 0. The molecular weight excluding hydrogens is 325 g/mol. The lowest BCUT2D eigenvalue weighted by molar-refractivity contribution is 0.289. The van der Waals surface area contributed by atoms with Crippen molar-refractivity contribution in [3.05, 3.63) is 22.7 Å². The monoisotopic (exact) mass is 345 g/mol. The van der Waals surface area contributed by atoms with E-state index in [1.54, 1.807) is 0 Å². The molecular formula is C14H21Cl2N3OSi-. The second-order valence-electron chi connectivity index (χ2n) is 5.74. The Hall–Kier alpha value is -0.623. The third-order valence-corrected chi connectivity index (χ3v) is 6.50. The molecule has 0 aromatic carbocycles. The molecule has 0 amide bonds. The lowest BCUT2D eigenvalue weighted by Gasteiger charge is -2.35. The number of hydrogen-bond donors (Lipinski definition) is 0. The number of hydrogen-bond acceptors (Lipinski definition) is 3. The Kier molecular flexibility index (Phi) is 5.65. The summed E-state index contributed by atoms with van der Waals surface area (Å²) in [5.41, 5.74) is 0.761. The van der Waals surface area contributed by atoms with Gasteiger partial charge in [0.05, 0.1) is 5.39 Å². The smallest absolute Gasteiger partial charge is 0.225 e. The van der Waals surface area contributed by atoms with Crippen molar-refractivity contribution in [2.75, 3.05) is 6.61 Å². The molecule has 0 radical (unpaired) electrons. The van der Waals surface area contributed by atoms with Gasteiger partial charge in [-0.15, -0.1) is 19.1 Å². The fraction of sp³-hybridized carbons (Fsp3) is 0.571. The lowest BCUT2D eigenvalue weighted by atomic mass is 10.4. The molecule has 0 unspecified atom stereocenters. The van der Waals surface area contributed by atoms with Crippen molar-refractivity contribution in [2.45, 2.75) is 45.4 Å². The fourth-order valence-electron chi connectivity index (χ4n) is 2.28. The summed E-state index contributed by atoms with van der Waals surface area (Å²) in [7, 11) is -1.55. The van der Waals surface area contributed by atoms with Crippen LogP contribution in [0.15, 0.2) is 12.3 Å². The van der Waals surface area contributed by atoms with Crippen molar-refractivity contribution in [1.29, 1.82) is 0 Å². The summed E-state index contributed by atoms with van der Waals surface area (Å²) in [6.45, 7) is 8.18. The quantitative estimate of drug-likeness (QED) is 0.412. The first-order chi connectivity index (χ1) is 9.93. The van der Waals surface area contributed by atoms with Gasteiger partial charge in [-0.2, -0.15) is 4.98 Å². The second kappa shape index (κ2) is 7.09. The molecule has 2 aromatic rings. The van der Waals surface area contributed by atoms with Crippen LogP contribution in [0.2, 0.25) is 29.6 Å². The molecule has 0 bridgehead atoms. The van der Waals surface area contributed by atoms with Crippen molar-refractivity contribution in [3.63, 3.8) is 0 Å². The molecule has 4 nitrogen and oxygen atoms in total. The highest BCUT2D eigenvalue weighted by Gasteiger charge is 2.11. The molecule has 117 valence electrons. The maximum atomic E-state index is 6.12. The van der Waals surface area contributed by atoms with Gasteiger partial charge in [-0.3, -0.25) is 0 Å². The first-order valence-corrected chi connectivity index (χ1v) is 11.1. The molecule has 0 atom stereocenters. The van der Waals surface area contributed by atoms with Crippen LogP contribution in [0.1, 0.15) is 19.8 Å². The van der Waals surface area contributed by atoms with Gasteiger partial charge in [0.25, 0.3) is 0 Å². The summed E-state index contributed by atoms with van der Waals surface area (Å²) in [6, 6.07) is 3.11. The third kappa shape index (κ3) is 4.42. The van der Waals surface area contributed by atoms with Crippen molar-refractivity contribution < 1.29 is 4.43 Å². The first kappa shape index (κ1) is 16.7. The third-order valence-electron chi connectivity index (χ3n) is 3.50. The van der Waals surface area contributed by atoms with Crippen molar-refractivity contribution in [1.82, 2.24) is 14.5 Å². The zero-order valence-corrected chi connectivity index (χ0v) is 15.2. The van der Waals surface area contributed by atoms with Crippen LogP contribution in [0, 0.1) is 0 Å². The molecule has 0 fully saturated rings. The molecule has 0 saturated carbocycles. The number of rotatable bonds is 7. The fourth-order valence-corrected chi connectivity index (χ4v) is 4.71. The van der Waals surface area contributed by atoms with Gasteiger partial charge in [0, 0.05) is 19.3 Å². The number of halogens is 2. The molecule has 0 aliphatic heterocycles. The Morgan fingerprint density at radius 2 is 2.05 bits per heavy atom. The van der Waals surface area contributed by atoms with Gasteiger partial charge >= 0.3 is 0 Å². The van der Waals surface area contributed by atoms with E-state index in [4.69, 9.17) is 27.6 Å². The molecule has 2 aromatic heterocycles. The van der Waals surface area contributed by atoms with Gasteiger partial charge < -0.3 is 8.99 Å². The molecule has 0 aliphatic rings. The highest BCUT2D eigenvalue weighted by atomic mass is 35.5. The SMILES string of the molecule is CCCC[Si-](C)(C)OCCn1ccc2c(Cl)nc(Cl)nc21. The average molecular weight is 346 g/mol. The Bertz CT molecular complexity index is 616. The number of unbranched alkanes of at least 4 members (excludes halogenated alkanes) is 1. The van der Waals surface area contributed by atoms with Gasteiger partial charge in [-0.25, -0.2) is 4.98 Å². The molecule has 2 rings (SSSR count). The Morgan fingerprint density at radius 1 is 1.29 bits per heavy atom. The van der Waals surface area contributed by atoms with Crippen LogP contribution in [0.3, 0.4) is 0 Å². The number of nitrogens with zero attached hydrogens (tertiary/aromatic N) is 3. The first-order valence-electron chi connectivity index (χ1n) is 7.25. The van der Waals surface area contributed by atoms with E-state index in [0.717, 1.165) is 17.6 Å². The van der Waals surface area contributed by atoms with Gasteiger partial charge in [0.1, 0.15) is 10.8 Å². The summed E-state index contributed by atoms with van der Waals surface area (Å²) in [5, 5.41) is 1.39. The van der Waals surface area contributed by atoms with Crippen LogP contribution in [-0.4, -0.2) is 29.5 Å². The van der Waals surface area contributed by atoms with Crippen molar-refractivity contribution >= 4 is 42.6 Å². The van der Waals surface area contributed by atoms with Crippen LogP contribution >= 0.6 is 23.2 Å². The molecule has 0 aliphatic carbocycles. The molecule has 0 N–H and O–H groups in total. The van der Waals surface area contributed by atoms with Crippen LogP contribution in [0.5, 0.6) is 0 Å². The molecule has 7 heteroatoms. The largest absolute Gasteiger partial charge is 0.564 e. The minimum atomic E-state index is -1.55. The van der Waals surface area contributed by atoms with E-state index < -0.39 is 8.32 Å². The lowest BCUT2D eigenvalue weighted by Crippen LogP contribution is -2.31. The van der Waals surface area contributed by atoms with Crippen molar-refractivity contribution in [2.24, 2.45) is 0 Å². The average Bonchev–Trinajstić information content (AvgIpc) is 2.80. The van der Waals surface area contributed by atoms with Gasteiger partial charge in [-0.05, 0) is 26.0 Å². The summed E-state index contributed by atoms with van der Waals surface area (Å²) < 4.78 is 8.14.